The predicted molar refractivity (Wildman–Crippen MR) is 54.5 cm³/mol. The van der Waals surface area contributed by atoms with Gasteiger partial charge >= 0.3 is 14.2 Å². The average Bonchev–Trinajstić information content (AvgIpc) is 2.11. The summed E-state index contributed by atoms with van der Waals surface area (Å²) in [5, 5.41) is 0. The number of hydrogen-bond donors (Lipinski definition) is 1. The maximum Gasteiger partial charge on any atom is 0.695 e. The molecule has 0 aromatic heterocycles. The van der Waals surface area contributed by atoms with Gasteiger partial charge < -0.3 is 0 Å². The lowest BCUT2D eigenvalue weighted by Crippen LogP contribution is -2.45. The third kappa shape index (κ3) is 4.60. The van der Waals surface area contributed by atoms with Crippen LogP contribution in [-0.4, -0.2) is 22.2 Å². The summed E-state index contributed by atoms with van der Waals surface area (Å²) >= 11 is 0. The van der Waals surface area contributed by atoms with Crippen molar-refractivity contribution in [3.63, 3.8) is 0 Å². The topological polar surface area (TPSA) is 63.6 Å². The highest BCUT2D eigenvalue weighted by atomic mass is 31.1. The van der Waals surface area contributed by atoms with Crippen LogP contribution in [0.25, 0.3) is 0 Å². The number of halogens is 2. The summed E-state index contributed by atoms with van der Waals surface area (Å²) < 4.78 is 41.4. The summed E-state index contributed by atoms with van der Waals surface area (Å²) in [6.07, 6.45) is 0.176. The monoisotopic (exact) mass is 257 g/mol. The maximum absolute atomic E-state index is 13.3. The van der Waals surface area contributed by atoms with Gasteiger partial charge in [-0.15, -0.1) is 9.42 Å². The van der Waals surface area contributed by atoms with E-state index in [1.54, 1.807) is 6.92 Å². The van der Waals surface area contributed by atoms with Crippen molar-refractivity contribution in [1.82, 2.24) is 0 Å². The molecule has 4 nitrogen and oxygen atoms in total. The molecule has 1 N–H and O–H groups in total. The second kappa shape index (κ2) is 5.75. The van der Waals surface area contributed by atoms with Crippen LogP contribution in [0.3, 0.4) is 0 Å². The van der Waals surface area contributed by atoms with Crippen LogP contribution >= 0.6 is 8.25 Å². The number of hydrogen-bond acceptors (Lipinski definition) is 3. The predicted octanol–water partition coefficient (Wildman–Crippen LogP) is 2.83. The Balaban J connectivity index is 4.68. The molecule has 0 aromatic rings. The summed E-state index contributed by atoms with van der Waals surface area (Å²) in [6.45, 7) is 3.84. The minimum Gasteiger partial charge on any atom is -0.289 e. The molecule has 7 heteroatoms. The number of Topliss-reactive ketones (excluding diaryl/α,β-unsaturated/α-hetero) is 1. The third-order valence-corrected chi connectivity index (χ3v) is 2.64. The highest BCUT2D eigenvalue weighted by Gasteiger charge is 2.51. The normalized spacial score (nSPS) is 13.8. The lowest BCUT2D eigenvalue weighted by Gasteiger charge is -2.22. The highest BCUT2D eigenvalue weighted by molar-refractivity contribution is 7.32. The number of carbonyl (C=O) groups excluding carboxylic acids is 1. The van der Waals surface area contributed by atoms with Crippen molar-refractivity contribution in [3.8, 4) is 0 Å². The van der Waals surface area contributed by atoms with Gasteiger partial charge in [0.15, 0.2) is 5.60 Å². The first-order chi connectivity index (χ1) is 7.13. The average molecular weight is 257 g/mol. The first-order valence-electron chi connectivity index (χ1n) is 4.91. The van der Waals surface area contributed by atoms with E-state index in [0.29, 0.717) is 6.42 Å². The summed E-state index contributed by atoms with van der Waals surface area (Å²) in [5.41, 5.74) is -1.96. The van der Waals surface area contributed by atoms with Crippen molar-refractivity contribution in [2.45, 2.75) is 51.6 Å². The van der Waals surface area contributed by atoms with E-state index < -0.39 is 32.0 Å². The zero-order valence-electron chi connectivity index (χ0n) is 9.50. The molecule has 0 rings (SSSR count). The number of ketones is 1. The molecule has 0 aromatic carbocycles. The van der Waals surface area contributed by atoms with E-state index in [4.69, 9.17) is 4.89 Å². The summed E-state index contributed by atoms with van der Waals surface area (Å²) in [6, 6.07) is 0. The Morgan fingerprint density at radius 2 is 1.94 bits per heavy atom. The minimum atomic E-state index is -3.52. The lowest BCUT2D eigenvalue weighted by atomic mass is 9.95. The van der Waals surface area contributed by atoms with Crippen molar-refractivity contribution in [1.29, 1.82) is 0 Å². The van der Waals surface area contributed by atoms with Crippen molar-refractivity contribution in [2.75, 3.05) is 0 Å². The molecule has 94 valence electrons. The van der Waals surface area contributed by atoms with Gasteiger partial charge in [-0.25, -0.2) is 0 Å². The first kappa shape index (κ1) is 15.6. The fraction of sp³-hybridized carbons (Fsp3) is 0.889. The number of rotatable bonds is 7. The van der Waals surface area contributed by atoms with Crippen LogP contribution in [0.4, 0.5) is 8.78 Å². The van der Waals surface area contributed by atoms with E-state index in [9.17, 15) is 18.1 Å². The molecule has 0 fully saturated rings. The molecule has 0 saturated carbocycles. The molecule has 16 heavy (non-hydrogen) atoms. The van der Waals surface area contributed by atoms with Crippen LogP contribution in [0.5, 0.6) is 0 Å². The van der Waals surface area contributed by atoms with Gasteiger partial charge in [0, 0.05) is 11.0 Å². The molecule has 0 aliphatic rings. The van der Waals surface area contributed by atoms with E-state index in [0.717, 1.165) is 13.8 Å². The molecule has 0 aliphatic carbocycles. The summed E-state index contributed by atoms with van der Waals surface area (Å²) in [4.78, 5) is 19.9. The molecule has 0 spiro atoms. The number of alkyl halides is 2. The van der Waals surface area contributed by atoms with E-state index in [1.807, 2.05) is 0 Å². The smallest absolute Gasteiger partial charge is 0.289 e. The Kier molecular flexibility index (Phi) is 5.59. The maximum atomic E-state index is 13.3. The standard InChI is InChI=1S/C9H15F2O4P/c1-4-5-6-9(10,11)7(12)8(2,3)15-16(13)14/h4-6H2,1-3H3/p+1. The summed E-state index contributed by atoms with van der Waals surface area (Å²) in [7, 11) is -3.09. The Bertz CT molecular complexity index is 279. The van der Waals surface area contributed by atoms with Crippen LogP contribution in [0.2, 0.25) is 0 Å². The second-order valence-electron chi connectivity index (χ2n) is 3.98. The second-order valence-corrected chi connectivity index (χ2v) is 4.63. The van der Waals surface area contributed by atoms with Gasteiger partial charge in [-0.05, 0) is 20.3 Å². The molecule has 1 atom stereocenters. The Morgan fingerprint density at radius 1 is 1.44 bits per heavy atom. The van der Waals surface area contributed by atoms with Crippen molar-refractivity contribution >= 4 is 14.0 Å². The third-order valence-electron chi connectivity index (χ3n) is 2.03. The van der Waals surface area contributed by atoms with Gasteiger partial charge in [-0.1, -0.05) is 13.3 Å². The Hall–Kier alpha value is -0.450. The Labute approximate surface area is 93.9 Å². The van der Waals surface area contributed by atoms with Gasteiger partial charge in [0.1, 0.15) is 0 Å². The fourth-order valence-electron chi connectivity index (χ4n) is 1.19. The van der Waals surface area contributed by atoms with E-state index in [2.05, 4.69) is 4.52 Å². The van der Waals surface area contributed by atoms with E-state index >= 15 is 0 Å². The zero-order chi connectivity index (χ0) is 13.0. The van der Waals surface area contributed by atoms with Crippen LogP contribution in [-0.2, 0) is 13.9 Å². The summed E-state index contributed by atoms with van der Waals surface area (Å²) in [5.74, 6) is -4.99. The van der Waals surface area contributed by atoms with Crippen molar-refractivity contribution < 1.29 is 27.6 Å². The fourth-order valence-corrected chi connectivity index (χ4v) is 1.66. The van der Waals surface area contributed by atoms with Crippen LogP contribution < -0.4 is 0 Å². The molecular formula is C9H16F2O4P+. The number of carbonyl (C=O) groups is 1. The van der Waals surface area contributed by atoms with Crippen molar-refractivity contribution in [2.24, 2.45) is 0 Å². The molecule has 0 heterocycles. The molecule has 1 unspecified atom stereocenters. The van der Waals surface area contributed by atoms with Gasteiger partial charge in [0.05, 0.1) is 0 Å². The molecule has 0 bridgehead atoms. The van der Waals surface area contributed by atoms with Gasteiger partial charge in [-0.3, -0.25) is 4.79 Å². The minimum absolute atomic E-state index is 0.208. The van der Waals surface area contributed by atoms with Gasteiger partial charge in [0.25, 0.3) is 0 Å². The van der Waals surface area contributed by atoms with E-state index in [1.165, 1.54) is 0 Å². The number of unbranched alkanes of at least 4 members (excludes halogenated alkanes) is 1. The van der Waals surface area contributed by atoms with Gasteiger partial charge in [0.2, 0.25) is 5.78 Å². The molecule has 0 saturated heterocycles. The van der Waals surface area contributed by atoms with Crippen LogP contribution in [0, 0.1) is 0 Å². The molecule has 0 aliphatic heterocycles. The largest absolute Gasteiger partial charge is 0.695 e. The molecule has 0 amide bonds. The highest BCUT2D eigenvalue weighted by Crippen LogP contribution is 2.34. The van der Waals surface area contributed by atoms with Crippen molar-refractivity contribution in [3.05, 3.63) is 0 Å². The quantitative estimate of drug-likeness (QED) is 0.712. The molecular weight excluding hydrogens is 241 g/mol. The van der Waals surface area contributed by atoms with Crippen LogP contribution in [0.15, 0.2) is 0 Å². The molecule has 0 radical (unpaired) electrons. The lowest BCUT2D eigenvalue weighted by molar-refractivity contribution is -0.158. The van der Waals surface area contributed by atoms with E-state index in [-0.39, 0.29) is 6.42 Å². The zero-order valence-corrected chi connectivity index (χ0v) is 10.4. The SMILES string of the molecule is CCCCC(F)(F)C(=O)C(C)(C)O[P+](=O)O. The van der Waals surface area contributed by atoms with Crippen LogP contribution in [0.1, 0.15) is 40.0 Å². The first-order valence-corrected chi connectivity index (χ1v) is 6.04. The van der Waals surface area contributed by atoms with Gasteiger partial charge in [-0.2, -0.15) is 8.78 Å². The Morgan fingerprint density at radius 3 is 2.31 bits per heavy atom.